The largest absolute Gasteiger partial charge is 0.395 e. The molecule has 2 rings (SSSR count). The van der Waals surface area contributed by atoms with Crippen molar-refractivity contribution in [3.8, 4) is 0 Å². The van der Waals surface area contributed by atoms with Gasteiger partial charge in [0.15, 0.2) is 0 Å². The van der Waals surface area contributed by atoms with Gasteiger partial charge in [-0.05, 0) is 31.0 Å². The van der Waals surface area contributed by atoms with Crippen LogP contribution in [-0.4, -0.2) is 29.2 Å². The highest BCUT2D eigenvalue weighted by molar-refractivity contribution is 6.31. The van der Waals surface area contributed by atoms with Crippen molar-refractivity contribution >= 4 is 11.6 Å². The predicted octanol–water partition coefficient (Wildman–Crippen LogP) is 2.69. The number of nitrogens with zero attached hydrogens (tertiary/aromatic N) is 1. The van der Waals surface area contributed by atoms with Gasteiger partial charge in [0.25, 0.3) is 0 Å². The van der Waals surface area contributed by atoms with Gasteiger partial charge >= 0.3 is 0 Å². The summed E-state index contributed by atoms with van der Waals surface area (Å²) < 4.78 is 0. The molecule has 2 nitrogen and oxygen atoms in total. The van der Waals surface area contributed by atoms with E-state index in [1.54, 1.807) is 0 Å². The second-order valence-corrected chi connectivity index (χ2v) is 4.80. The topological polar surface area (TPSA) is 23.5 Å². The second-order valence-electron chi connectivity index (χ2n) is 4.39. The highest BCUT2D eigenvalue weighted by Crippen LogP contribution is 2.22. The molecule has 0 aliphatic carbocycles. The first-order valence-corrected chi connectivity index (χ1v) is 6.27. The Morgan fingerprint density at radius 3 is 2.88 bits per heavy atom. The third-order valence-corrected chi connectivity index (χ3v) is 3.66. The molecule has 1 aromatic carbocycles. The van der Waals surface area contributed by atoms with Crippen LogP contribution in [0.1, 0.15) is 24.8 Å². The molecule has 1 fully saturated rings. The second kappa shape index (κ2) is 5.67. The normalized spacial score (nSPS) is 22.2. The summed E-state index contributed by atoms with van der Waals surface area (Å²) in [6, 6.07) is 8.26. The minimum Gasteiger partial charge on any atom is -0.395 e. The summed E-state index contributed by atoms with van der Waals surface area (Å²) in [7, 11) is 0. The Labute approximate surface area is 102 Å². The van der Waals surface area contributed by atoms with Crippen LogP contribution < -0.4 is 0 Å². The van der Waals surface area contributed by atoms with Crippen LogP contribution in [0.3, 0.4) is 0 Å². The number of likely N-dealkylation sites (tertiary alicyclic amines) is 1. The van der Waals surface area contributed by atoms with E-state index in [-0.39, 0.29) is 6.61 Å². The molecular formula is C13H18ClNO. The fraction of sp³-hybridized carbons (Fsp3) is 0.538. The Bertz CT molecular complexity index is 342. The van der Waals surface area contributed by atoms with Crippen molar-refractivity contribution in [1.82, 2.24) is 4.90 Å². The molecule has 1 N–H and O–H groups in total. The van der Waals surface area contributed by atoms with E-state index in [2.05, 4.69) is 11.0 Å². The molecule has 0 saturated carbocycles. The molecule has 88 valence electrons. The smallest absolute Gasteiger partial charge is 0.0586 e. The first-order valence-electron chi connectivity index (χ1n) is 5.89. The van der Waals surface area contributed by atoms with Gasteiger partial charge in [-0.1, -0.05) is 36.2 Å². The zero-order chi connectivity index (χ0) is 11.4. The number of hydrogen-bond acceptors (Lipinski definition) is 2. The summed E-state index contributed by atoms with van der Waals surface area (Å²) in [5.74, 6) is 0. The molecule has 1 unspecified atom stereocenters. The number of halogens is 1. The summed E-state index contributed by atoms with van der Waals surface area (Å²) in [5, 5.41) is 10.2. The summed E-state index contributed by atoms with van der Waals surface area (Å²) in [4.78, 5) is 2.34. The van der Waals surface area contributed by atoms with Gasteiger partial charge in [0.05, 0.1) is 6.61 Å². The fourth-order valence-corrected chi connectivity index (χ4v) is 2.52. The summed E-state index contributed by atoms with van der Waals surface area (Å²) >= 11 is 6.15. The first-order chi connectivity index (χ1) is 7.81. The molecule has 1 aliphatic heterocycles. The van der Waals surface area contributed by atoms with Gasteiger partial charge in [-0.3, -0.25) is 4.90 Å². The minimum atomic E-state index is 0.254. The molecule has 0 bridgehead atoms. The highest BCUT2D eigenvalue weighted by atomic mass is 35.5. The standard InChI is InChI=1S/C13H18ClNO/c14-13-7-2-1-5-11(13)9-15-8-4-3-6-12(15)10-16/h1-2,5,7,12,16H,3-4,6,8-10H2. The molecule has 1 aliphatic rings. The molecule has 1 saturated heterocycles. The Morgan fingerprint density at radius 1 is 1.31 bits per heavy atom. The van der Waals surface area contributed by atoms with Crippen LogP contribution in [0.15, 0.2) is 24.3 Å². The summed E-state index contributed by atoms with van der Waals surface area (Å²) in [6.07, 6.45) is 3.55. The van der Waals surface area contributed by atoms with Crippen LogP contribution >= 0.6 is 11.6 Å². The average molecular weight is 240 g/mol. The van der Waals surface area contributed by atoms with E-state index in [4.69, 9.17) is 11.6 Å². The van der Waals surface area contributed by atoms with Crippen molar-refractivity contribution < 1.29 is 5.11 Å². The van der Waals surface area contributed by atoms with Crippen LogP contribution in [0, 0.1) is 0 Å². The van der Waals surface area contributed by atoms with Crippen LogP contribution in [0.25, 0.3) is 0 Å². The maximum atomic E-state index is 9.33. The van der Waals surface area contributed by atoms with Crippen LogP contribution in [0.4, 0.5) is 0 Å². The lowest BCUT2D eigenvalue weighted by molar-refractivity contribution is 0.0841. The van der Waals surface area contributed by atoms with E-state index in [1.165, 1.54) is 12.8 Å². The zero-order valence-corrected chi connectivity index (χ0v) is 10.2. The quantitative estimate of drug-likeness (QED) is 0.877. The molecule has 1 atom stereocenters. The molecule has 1 aromatic rings. The van der Waals surface area contributed by atoms with Crippen LogP contribution in [0.2, 0.25) is 5.02 Å². The third kappa shape index (κ3) is 2.76. The van der Waals surface area contributed by atoms with E-state index in [1.807, 2.05) is 18.2 Å². The van der Waals surface area contributed by atoms with Crippen molar-refractivity contribution in [3.63, 3.8) is 0 Å². The van der Waals surface area contributed by atoms with Gasteiger partial charge in [0, 0.05) is 17.6 Å². The number of aliphatic hydroxyl groups excluding tert-OH is 1. The minimum absolute atomic E-state index is 0.254. The van der Waals surface area contributed by atoms with Crippen molar-refractivity contribution in [2.75, 3.05) is 13.2 Å². The maximum absolute atomic E-state index is 9.33. The van der Waals surface area contributed by atoms with E-state index >= 15 is 0 Å². The van der Waals surface area contributed by atoms with Crippen molar-refractivity contribution in [2.45, 2.75) is 31.8 Å². The van der Waals surface area contributed by atoms with Gasteiger partial charge in [-0.15, -0.1) is 0 Å². The van der Waals surface area contributed by atoms with Gasteiger partial charge in [-0.2, -0.15) is 0 Å². The summed E-state index contributed by atoms with van der Waals surface area (Å²) in [6.45, 7) is 2.17. The van der Waals surface area contributed by atoms with E-state index in [9.17, 15) is 5.11 Å². The average Bonchev–Trinajstić information content (AvgIpc) is 2.33. The zero-order valence-electron chi connectivity index (χ0n) is 9.40. The molecule has 0 amide bonds. The van der Waals surface area contributed by atoms with Crippen molar-refractivity contribution in [1.29, 1.82) is 0 Å². The number of benzene rings is 1. The summed E-state index contributed by atoms with van der Waals surface area (Å²) in [5.41, 5.74) is 1.16. The Kier molecular flexibility index (Phi) is 4.22. The van der Waals surface area contributed by atoms with Gasteiger partial charge in [0.2, 0.25) is 0 Å². The maximum Gasteiger partial charge on any atom is 0.0586 e. The first kappa shape index (κ1) is 11.9. The molecule has 0 spiro atoms. The van der Waals surface area contributed by atoms with Gasteiger partial charge in [0.1, 0.15) is 0 Å². The lowest BCUT2D eigenvalue weighted by Crippen LogP contribution is -2.41. The van der Waals surface area contributed by atoms with Crippen LogP contribution in [-0.2, 0) is 6.54 Å². The fourth-order valence-electron chi connectivity index (χ4n) is 2.32. The number of aliphatic hydroxyl groups is 1. The Hall–Kier alpha value is -0.570. The molecule has 3 heteroatoms. The Morgan fingerprint density at radius 2 is 2.12 bits per heavy atom. The van der Waals surface area contributed by atoms with E-state index in [0.29, 0.717) is 6.04 Å². The molecule has 0 radical (unpaired) electrons. The van der Waals surface area contributed by atoms with Crippen LogP contribution in [0.5, 0.6) is 0 Å². The molecular weight excluding hydrogens is 222 g/mol. The lowest BCUT2D eigenvalue weighted by Gasteiger charge is -2.34. The monoisotopic (exact) mass is 239 g/mol. The molecule has 0 aromatic heterocycles. The third-order valence-electron chi connectivity index (χ3n) is 3.29. The Balaban J connectivity index is 2.05. The predicted molar refractivity (Wildman–Crippen MR) is 66.6 cm³/mol. The van der Waals surface area contributed by atoms with Gasteiger partial charge in [-0.25, -0.2) is 0 Å². The van der Waals surface area contributed by atoms with E-state index in [0.717, 1.165) is 30.1 Å². The number of rotatable bonds is 3. The SMILES string of the molecule is OCC1CCCCN1Cc1ccccc1Cl. The van der Waals surface area contributed by atoms with Gasteiger partial charge < -0.3 is 5.11 Å². The molecule has 16 heavy (non-hydrogen) atoms. The molecule has 1 heterocycles. The van der Waals surface area contributed by atoms with Crippen molar-refractivity contribution in [2.24, 2.45) is 0 Å². The number of piperidine rings is 1. The number of hydrogen-bond donors (Lipinski definition) is 1. The van der Waals surface area contributed by atoms with E-state index < -0.39 is 0 Å². The highest BCUT2D eigenvalue weighted by Gasteiger charge is 2.21. The van der Waals surface area contributed by atoms with Crippen molar-refractivity contribution in [3.05, 3.63) is 34.9 Å². The lowest BCUT2D eigenvalue weighted by atomic mass is 10.0.